The van der Waals surface area contributed by atoms with E-state index in [0.717, 1.165) is 22.0 Å². The van der Waals surface area contributed by atoms with Gasteiger partial charge in [-0.3, -0.25) is 0 Å². The molecule has 0 unspecified atom stereocenters. The van der Waals surface area contributed by atoms with Crippen molar-refractivity contribution in [1.29, 1.82) is 0 Å². The Kier molecular flexibility index (Phi) is 3.47. The molecule has 0 N–H and O–H groups in total. The van der Waals surface area contributed by atoms with Crippen LogP contribution >= 0.6 is 0 Å². The molecule has 0 aliphatic carbocycles. The first-order valence-electron chi connectivity index (χ1n) is 6.55. The molecule has 0 spiro atoms. The second kappa shape index (κ2) is 5.29. The van der Waals surface area contributed by atoms with Gasteiger partial charge in [-0.2, -0.15) is 0 Å². The molecule has 2 heterocycles. The molecule has 108 valence electrons. The summed E-state index contributed by atoms with van der Waals surface area (Å²) in [5, 5.41) is 0.985. The van der Waals surface area contributed by atoms with E-state index in [1.165, 1.54) is 12.6 Å². The quantitative estimate of drug-likeness (QED) is 0.740. The highest BCUT2D eigenvalue weighted by molar-refractivity contribution is 7.90. The minimum Gasteiger partial charge on any atom is -0.353 e. The first-order valence-corrected chi connectivity index (χ1v) is 8.61. The summed E-state index contributed by atoms with van der Waals surface area (Å²) in [5.74, 6) is 0.146. The fraction of sp³-hybridized carbons (Fsp3) is 0.200. The topological polar surface area (TPSA) is 64.8 Å². The average molecular weight is 301 g/mol. The van der Waals surface area contributed by atoms with E-state index in [1.807, 2.05) is 41.2 Å². The molecule has 0 atom stereocenters. The van der Waals surface area contributed by atoms with Crippen molar-refractivity contribution >= 4 is 20.7 Å². The molecule has 6 heteroatoms. The number of nitrogens with zero attached hydrogens (tertiary/aromatic N) is 3. The summed E-state index contributed by atoms with van der Waals surface area (Å²) in [6.45, 7) is 0.468. The zero-order chi connectivity index (χ0) is 14.9. The molecular formula is C15H15N3O2S. The highest BCUT2D eigenvalue weighted by atomic mass is 32.2. The number of benzene rings is 1. The number of hydrogen-bond acceptors (Lipinski definition) is 4. The van der Waals surface area contributed by atoms with Crippen molar-refractivity contribution in [3.8, 4) is 11.1 Å². The molecule has 0 saturated heterocycles. The lowest BCUT2D eigenvalue weighted by Gasteiger charge is -2.02. The number of sulfone groups is 1. The van der Waals surface area contributed by atoms with Crippen LogP contribution in [-0.2, 0) is 16.4 Å². The zero-order valence-corrected chi connectivity index (χ0v) is 12.4. The normalized spacial score (nSPS) is 11.9. The Bertz CT molecular complexity index is 885. The van der Waals surface area contributed by atoms with E-state index in [9.17, 15) is 8.42 Å². The Morgan fingerprint density at radius 2 is 2.05 bits per heavy atom. The van der Waals surface area contributed by atoms with Crippen LogP contribution < -0.4 is 0 Å². The first-order chi connectivity index (χ1) is 10.0. The maximum atomic E-state index is 11.2. The van der Waals surface area contributed by atoms with Crippen molar-refractivity contribution in [1.82, 2.24) is 14.5 Å². The number of hydrogen-bond donors (Lipinski definition) is 0. The molecule has 5 nitrogen and oxygen atoms in total. The summed E-state index contributed by atoms with van der Waals surface area (Å²) < 4.78 is 24.3. The van der Waals surface area contributed by atoms with Gasteiger partial charge in [0.05, 0.1) is 11.3 Å². The van der Waals surface area contributed by atoms with Crippen LogP contribution in [-0.4, -0.2) is 35.0 Å². The summed E-state index contributed by atoms with van der Waals surface area (Å²) >= 11 is 0. The van der Waals surface area contributed by atoms with Crippen molar-refractivity contribution in [2.45, 2.75) is 6.54 Å². The van der Waals surface area contributed by atoms with Gasteiger partial charge >= 0.3 is 0 Å². The Balaban J connectivity index is 1.87. The van der Waals surface area contributed by atoms with Crippen LogP contribution in [0.3, 0.4) is 0 Å². The number of aryl methyl sites for hydroxylation is 1. The van der Waals surface area contributed by atoms with E-state index in [2.05, 4.69) is 9.97 Å². The van der Waals surface area contributed by atoms with Gasteiger partial charge in [0, 0.05) is 36.8 Å². The molecular weight excluding hydrogens is 286 g/mol. The lowest BCUT2D eigenvalue weighted by atomic mass is 10.1. The van der Waals surface area contributed by atoms with E-state index < -0.39 is 9.84 Å². The Morgan fingerprint density at radius 1 is 1.19 bits per heavy atom. The van der Waals surface area contributed by atoms with Crippen molar-refractivity contribution in [3.05, 3.63) is 49.2 Å². The van der Waals surface area contributed by atoms with Crippen LogP contribution in [0, 0.1) is 0 Å². The molecule has 0 saturated carbocycles. The average Bonchev–Trinajstić information content (AvgIpc) is 2.93. The molecule has 2 aromatic heterocycles. The molecule has 0 aliphatic heterocycles. The largest absolute Gasteiger partial charge is 0.353 e. The van der Waals surface area contributed by atoms with Gasteiger partial charge in [-0.15, -0.1) is 0 Å². The summed E-state index contributed by atoms with van der Waals surface area (Å²) in [6.07, 6.45) is 8.42. The van der Waals surface area contributed by atoms with Gasteiger partial charge in [-0.05, 0) is 29.3 Å². The fourth-order valence-corrected chi connectivity index (χ4v) is 2.73. The maximum absolute atomic E-state index is 11.2. The third-order valence-electron chi connectivity index (χ3n) is 3.31. The number of rotatable bonds is 4. The second-order valence-electron chi connectivity index (χ2n) is 5.06. The van der Waals surface area contributed by atoms with Crippen LogP contribution in [0.2, 0.25) is 0 Å². The van der Waals surface area contributed by atoms with Crippen molar-refractivity contribution in [2.75, 3.05) is 12.0 Å². The van der Waals surface area contributed by atoms with Crippen molar-refractivity contribution in [2.24, 2.45) is 0 Å². The van der Waals surface area contributed by atoms with Crippen molar-refractivity contribution < 1.29 is 8.42 Å². The van der Waals surface area contributed by atoms with Gasteiger partial charge in [-0.1, -0.05) is 6.07 Å². The maximum Gasteiger partial charge on any atom is 0.149 e. The molecule has 0 radical (unpaired) electrons. The third-order valence-corrected chi connectivity index (χ3v) is 4.23. The van der Waals surface area contributed by atoms with Gasteiger partial charge in [-0.25, -0.2) is 18.4 Å². The van der Waals surface area contributed by atoms with Gasteiger partial charge in [0.2, 0.25) is 0 Å². The fourth-order valence-electron chi connectivity index (χ4n) is 2.19. The second-order valence-corrected chi connectivity index (χ2v) is 7.32. The molecule has 21 heavy (non-hydrogen) atoms. The summed E-state index contributed by atoms with van der Waals surface area (Å²) in [4.78, 5) is 8.22. The van der Waals surface area contributed by atoms with E-state index in [4.69, 9.17) is 0 Å². The first kappa shape index (κ1) is 13.8. The highest BCUT2D eigenvalue weighted by Crippen LogP contribution is 2.23. The highest BCUT2D eigenvalue weighted by Gasteiger charge is 2.05. The van der Waals surface area contributed by atoms with Crippen LogP contribution in [0.25, 0.3) is 22.0 Å². The monoisotopic (exact) mass is 301 g/mol. The Morgan fingerprint density at radius 3 is 2.86 bits per heavy atom. The van der Waals surface area contributed by atoms with Crippen LogP contribution in [0.15, 0.2) is 49.2 Å². The van der Waals surface area contributed by atoms with E-state index in [1.54, 1.807) is 6.20 Å². The predicted molar refractivity (Wildman–Crippen MR) is 82.7 cm³/mol. The predicted octanol–water partition coefficient (Wildman–Crippen LogP) is 2.14. The third kappa shape index (κ3) is 3.28. The minimum atomic E-state index is -2.94. The summed E-state index contributed by atoms with van der Waals surface area (Å²) in [7, 11) is -2.94. The van der Waals surface area contributed by atoms with Gasteiger partial charge in [0.15, 0.2) is 0 Å². The zero-order valence-electron chi connectivity index (χ0n) is 11.6. The lowest BCUT2D eigenvalue weighted by Crippen LogP contribution is -2.09. The Labute approximate surface area is 123 Å². The molecule has 3 rings (SSSR count). The molecule has 0 aliphatic rings. The van der Waals surface area contributed by atoms with Crippen LogP contribution in [0.5, 0.6) is 0 Å². The van der Waals surface area contributed by atoms with E-state index >= 15 is 0 Å². The number of aromatic nitrogens is 3. The molecule has 1 aromatic carbocycles. The Hall–Kier alpha value is -2.21. The number of fused-ring (bicyclic) bond motifs is 1. The van der Waals surface area contributed by atoms with Gasteiger partial charge in [0.1, 0.15) is 16.2 Å². The van der Waals surface area contributed by atoms with Crippen LogP contribution in [0.4, 0.5) is 0 Å². The lowest BCUT2D eigenvalue weighted by molar-refractivity contribution is 0.595. The SMILES string of the molecule is CS(=O)(=O)CCn1ccc(-c2ccc3ncncc3c2)c1. The summed E-state index contributed by atoms with van der Waals surface area (Å²) in [5.41, 5.74) is 3.02. The van der Waals surface area contributed by atoms with E-state index in [-0.39, 0.29) is 5.75 Å². The van der Waals surface area contributed by atoms with Gasteiger partial charge in [0.25, 0.3) is 0 Å². The molecule has 3 aromatic rings. The standard InChI is InChI=1S/C15H15N3O2S/c1-21(19,20)7-6-18-5-4-13(10-18)12-2-3-15-14(8-12)9-16-11-17-15/h2-5,8-11H,6-7H2,1H3. The summed E-state index contributed by atoms with van der Waals surface area (Å²) in [6, 6.07) is 7.98. The van der Waals surface area contributed by atoms with Gasteiger partial charge < -0.3 is 4.57 Å². The van der Waals surface area contributed by atoms with E-state index in [0.29, 0.717) is 6.54 Å². The minimum absolute atomic E-state index is 0.146. The smallest absolute Gasteiger partial charge is 0.149 e. The van der Waals surface area contributed by atoms with Crippen molar-refractivity contribution in [3.63, 3.8) is 0 Å². The molecule has 0 amide bonds. The molecule has 0 bridgehead atoms. The van der Waals surface area contributed by atoms with Crippen LogP contribution in [0.1, 0.15) is 0 Å². The molecule has 0 fully saturated rings.